The highest BCUT2D eigenvalue weighted by atomic mass is 35.5. The first kappa shape index (κ1) is 24.3. The number of carbonyl (C=O) groups excluding carboxylic acids is 2. The Hall–Kier alpha value is -2.41. The Kier molecular flexibility index (Phi) is 7.42. The average molecular weight is 496 g/mol. The van der Waals surface area contributed by atoms with Gasteiger partial charge in [-0.3, -0.25) is 9.59 Å². The van der Waals surface area contributed by atoms with E-state index in [1.54, 1.807) is 6.07 Å². The maximum absolute atomic E-state index is 13.2. The van der Waals surface area contributed by atoms with E-state index in [9.17, 15) is 9.59 Å². The summed E-state index contributed by atoms with van der Waals surface area (Å²) < 4.78 is 5.41. The van der Waals surface area contributed by atoms with Crippen molar-refractivity contribution >= 4 is 23.4 Å². The number of nitrogens with one attached hydrogen (secondary N) is 1. The van der Waals surface area contributed by atoms with Crippen molar-refractivity contribution < 1.29 is 14.3 Å². The van der Waals surface area contributed by atoms with Gasteiger partial charge in [0.25, 0.3) is 5.91 Å². The zero-order valence-electron chi connectivity index (χ0n) is 20.3. The summed E-state index contributed by atoms with van der Waals surface area (Å²) in [5.41, 5.74) is 2.71. The molecule has 1 N–H and O–H groups in total. The van der Waals surface area contributed by atoms with Crippen molar-refractivity contribution in [2.45, 2.75) is 25.8 Å². The molecule has 2 amide bonds. The molecular weight excluding hydrogens is 462 g/mol. The Balaban J connectivity index is 1.17. The molecule has 3 fully saturated rings. The minimum atomic E-state index is -0.0439. The summed E-state index contributed by atoms with van der Waals surface area (Å²) in [5.74, 6) is 1.08. The third-order valence-electron chi connectivity index (χ3n) is 7.84. The number of amides is 2. The maximum Gasteiger partial charge on any atom is 0.255 e. The van der Waals surface area contributed by atoms with E-state index in [1.807, 2.05) is 42.2 Å². The van der Waals surface area contributed by atoms with Gasteiger partial charge in [0.15, 0.2) is 0 Å². The Morgan fingerprint density at radius 2 is 1.80 bits per heavy atom. The molecule has 0 bridgehead atoms. The van der Waals surface area contributed by atoms with Crippen LogP contribution in [0.3, 0.4) is 0 Å². The van der Waals surface area contributed by atoms with Gasteiger partial charge in [-0.1, -0.05) is 54.1 Å². The fraction of sp³-hybridized carbons (Fsp3) is 0.500. The largest absolute Gasteiger partial charge is 0.381 e. The lowest BCUT2D eigenvalue weighted by molar-refractivity contribution is -0.125. The molecule has 3 heterocycles. The zero-order chi connectivity index (χ0) is 24.4. The highest BCUT2D eigenvalue weighted by Gasteiger charge is 2.42. The normalized spacial score (nSPS) is 25.0. The molecule has 0 spiro atoms. The molecule has 0 aromatic heterocycles. The van der Waals surface area contributed by atoms with E-state index in [4.69, 9.17) is 16.3 Å². The van der Waals surface area contributed by atoms with Crippen molar-refractivity contribution in [1.82, 2.24) is 15.1 Å². The summed E-state index contributed by atoms with van der Waals surface area (Å²) in [6.07, 6.45) is 1.66. The second-order valence-electron chi connectivity index (χ2n) is 10.2. The predicted octanol–water partition coefficient (Wildman–Crippen LogP) is 3.94. The lowest BCUT2D eigenvalue weighted by atomic mass is 10.0. The average Bonchev–Trinajstić information content (AvgIpc) is 3.59. The van der Waals surface area contributed by atoms with Crippen LogP contribution in [0, 0.1) is 24.7 Å². The summed E-state index contributed by atoms with van der Waals surface area (Å²) in [6, 6.07) is 15.9. The molecular formula is C28H34ClN3O3. The molecule has 0 aliphatic carbocycles. The number of benzene rings is 2. The van der Waals surface area contributed by atoms with Crippen molar-refractivity contribution in [3.8, 4) is 0 Å². The molecule has 7 heteroatoms. The Labute approximate surface area is 212 Å². The second kappa shape index (κ2) is 10.7. The van der Waals surface area contributed by atoms with Crippen LogP contribution in [-0.2, 0) is 9.53 Å². The van der Waals surface area contributed by atoms with Crippen LogP contribution in [-0.4, -0.2) is 67.6 Å². The molecule has 0 radical (unpaired) electrons. The second-order valence-corrected chi connectivity index (χ2v) is 10.6. The lowest BCUT2D eigenvalue weighted by Gasteiger charge is -2.26. The van der Waals surface area contributed by atoms with E-state index in [-0.39, 0.29) is 23.8 Å². The van der Waals surface area contributed by atoms with E-state index in [2.05, 4.69) is 22.3 Å². The van der Waals surface area contributed by atoms with E-state index in [1.165, 1.54) is 0 Å². The van der Waals surface area contributed by atoms with Crippen molar-refractivity contribution in [1.29, 1.82) is 0 Å². The topological polar surface area (TPSA) is 61.9 Å². The van der Waals surface area contributed by atoms with Crippen molar-refractivity contribution in [3.63, 3.8) is 0 Å². The van der Waals surface area contributed by atoms with Gasteiger partial charge in [-0.25, -0.2) is 0 Å². The van der Waals surface area contributed by atoms with Gasteiger partial charge in [0, 0.05) is 39.3 Å². The molecule has 3 aliphatic rings. The van der Waals surface area contributed by atoms with Gasteiger partial charge in [0.1, 0.15) is 0 Å². The number of fused-ring (bicyclic) bond motifs is 1. The summed E-state index contributed by atoms with van der Waals surface area (Å²) in [6.45, 7) is 7.59. The Bertz CT molecular complexity index is 1020. The summed E-state index contributed by atoms with van der Waals surface area (Å²) in [5, 5.41) is 3.82. The molecule has 2 aromatic rings. The highest BCUT2D eigenvalue weighted by molar-refractivity contribution is 6.34. The van der Waals surface area contributed by atoms with Crippen LogP contribution >= 0.6 is 11.6 Å². The summed E-state index contributed by atoms with van der Waals surface area (Å²) >= 11 is 6.35. The van der Waals surface area contributed by atoms with Crippen LogP contribution in [0.2, 0.25) is 5.02 Å². The first-order chi connectivity index (χ1) is 17.0. The van der Waals surface area contributed by atoms with Crippen LogP contribution in [0.1, 0.15) is 40.4 Å². The van der Waals surface area contributed by atoms with Crippen LogP contribution in [0.5, 0.6) is 0 Å². The number of halogens is 1. The van der Waals surface area contributed by atoms with Crippen LogP contribution in [0.25, 0.3) is 0 Å². The third kappa shape index (κ3) is 5.40. The van der Waals surface area contributed by atoms with Gasteiger partial charge in [-0.15, -0.1) is 0 Å². The van der Waals surface area contributed by atoms with E-state index < -0.39 is 0 Å². The van der Waals surface area contributed by atoms with Crippen molar-refractivity contribution in [2.24, 2.45) is 17.8 Å². The molecule has 4 atom stereocenters. The molecule has 5 rings (SSSR count). The minimum Gasteiger partial charge on any atom is -0.381 e. The molecule has 35 heavy (non-hydrogen) atoms. The van der Waals surface area contributed by atoms with E-state index >= 15 is 0 Å². The smallest absolute Gasteiger partial charge is 0.255 e. The van der Waals surface area contributed by atoms with E-state index in [0.717, 1.165) is 56.7 Å². The molecule has 3 aliphatic heterocycles. The number of nitrogens with zero attached hydrogens (tertiary/aromatic N) is 2. The van der Waals surface area contributed by atoms with Crippen molar-refractivity contribution in [3.05, 3.63) is 70.2 Å². The molecule has 3 saturated heterocycles. The van der Waals surface area contributed by atoms with Crippen LogP contribution < -0.4 is 5.32 Å². The van der Waals surface area contributed by atoms with Gasteiger partial charge in [-0.05, 0) is 48.8 Å². The zero-order valence-corrected chi connectivity index (χ0v) is 21.0. The van der Waals surface area contributed by atoms with Crippen LogP contribution in [0.15, 0.2) is 48.5 Å². The van der Waals surface area contributed by atoms with E-state index in [0.29, 0.717) is 35.6 Å². The summed E-state index contributed by atoms with van der Waals surface area (Å²) in [7, 11) is 0. The molecule has 0 saturated carbocycles. The fourth-order valence-electron chi connectivity index (χ4n) is 5.85. The monoisotopic (exact) mass is 495 g/mol. The maximum atomic E-state index is 13.2. The van der Waals surface area contributed by atoms with Gasteiger partial charge in [0.2, 0.25) is 5.91 Å². The first-order valence-corrected chi connectivity index (χ1v) is 13.1. The standard InChI is InChI=1S/C28H34ClN3O3/c1-19-6-5-9-24(29)26(19)28(34)32-16-22-14-31(15-23(22)17-32)12-10-25(20-7-3-2-4-8-20)30-27(33)21-11-13-35-18-21/h2-9,21-23,25H,10-18H2,1H3,(H,30,33)/t21?,22-,23?,25?/m0/s1. The summed E-state index contributed by atoms with van der Waals surface area (Å²) in [4.78, 5) is 30.4. The quantitative estimate of drug-likeness (QED) is 0.632. The number of rotatable bonds is 7. The number of carbonyl (C=O) groups is 2. The predicted molar refractivity (Wildman–Crippen MR) is 136 cm³/mol. The van der Waals surface area contributed by atoms with Gasteiger partial charge in [-0.2, -0.15) is 0 Å². The Morgan fingerprint density at radius 3 is 2.46 bits per heavy atom. The number of hydrogen-bond donors (Lipinski definition) is 1. The Morgan fingerprint density at radius 1 is 1.06 bits per heavy atom. The SMILES string of the molecule is Cc1cccc(Cl)c1C(=O)N1CC2CN(CCC(NC(=O)C3CCOC3)c3ccccc3)C[C@H]2C1. The third-order valence-corrected chi connectivity index (χ3v) is 8.15. The lowest BCUT2D eigenvalue weighted by Crippen LogP contribution is -2.37. The molecule has 3 unspecified atom stereocenters. The molecule has 186 valence electrons. The number of aryl methyl sites for hydroxylation is 1. The highest BCUT2D eigenvalue weighted by Crippen LogP contribution is 2.34. The van der Waals surface area contributed by atoms with Gasteiger partial charge >= 0.3 is 0 Å². The number of likely N-dealkylation sites (tertiary alicyclic amines) is 2. The molecule has 2 aromatic carbocycles. The minimum absolute atomic E-state index is 0.00832. The van der Waals surface area contributed by atoms with Crippen molar-refractivity contribution in [2.75, 3.05) is 45.9 Å². The first-order valence-electron chi connectivity index (χ1n) is 12.7. The molecule has 6 nitrogen and oxygen atoms in total. The fourth-order valence-corrected chi connectivity index (χ4v) is 6.15. The number of ether oxygens (including phenoxy) is 1. The van der Waals surface area contributed by atoms with Gasteiger partial charge in [0.05, 0.1) is 29.2 Å². The number of hydrogen-bond acceptors (Lipinski definition) is 4. The van der Waals surface area contributed by atoms with Gasteiger partial charge < -0.3 is 19.9 Å². The van der Waals surface area contributed by atoms with Crippen LogP contribution in [0.4, 0.5) is 0 Å².